The molecule has 2 amide bonds. The molecule has 0 saturated heterocycles. The second-order valence-electron chi connectivity index (χ2n) is 6.71. The third-order valence-corrected chi connectivity index (χ3v) is 5.32. The summed E-state index contributed by atoms with van der Waals surface area (Å²) >= 11 is 6.18. The van der Waals surface area contributed by atoms with Gasteiger partial charge in [-0.2, -0.15) is 0 Å². The number of carbonyl (C=O) groups excluding carboxylic acids is 2. The molecule has 5 nitrogen and oxygen atoms in total. The van der Waals surface area contributed by atoms with Crippen molar-refractivity contribution in [3.63, 3.8) is 0 Å². The van der Waals surface area contributed by atoms with Crippen LogP contribution in [0.3, 0.4) is 0 Å². The Morgan fingerprint density at radius 2 is 1.79 bits per heavy atom. The minimum absolute atomic E-state index is 0.214. The summed E-state index contributed by atoms with van der Waals surface area (Å²) in [4.78, 5) is 27.5. The van der Waals surface area contributed by atoms with Crippen LogP contribution in [0.5, 0.6) is 0 Å². The molecule has 1 atom stereocenters. The number of benzene rings is 2. The number of nitrogens with one attached hydrogen (secondary N) is 1. The van der Waals surface area contributed by atoms with E-state index in [0.717, 1.165) is 16.7 Å². The van der Waals surface area contributed by atoms with Gasteiger partial charge >= 0.3 is 0 Å². The van der Waals surface area contributed by atoms with Gasteiger partial charge in [-0.25, -0.2) is 0 Å². The van der Waals surface area contributed by atoms with Gasteiger partial charge in [0.1, 0.15) is 6.04 Å². The molecule has 3 aromatic rings. The lowest BCUT2D eigenvalue weighted by molar-refractivity contribution is -0.126. The van der Waals surface area contributed by atoms with Crippen LogP contribution >= 0.6 is 11.6 Å². The Morgan fingerprint density at radius 3 is 2.54 bits per heavy atom. The number of fused-ring (bicyclic) bond motifs is 1. The highest BCUT2D eigenvalue weighted by molar-refractivity contribution is 6.31. The molecule has 2 aromatic carbocycles. The number of carbonyl (C=O) groups is 2. The maximum atomic E-state index is 13.0. The van der Waals surface area contributed by atoms with Gasteiger partial charge in [0.2, 0.25) is 5.91 Å². The summed E-state index contributed by atoms with van der Waals surface area (Å²) < 4.78 is 5.27. The van der Waals surface area contributed by atoms with Crippen LogP contribution in [0, 0.1) is 0 Å². The van der Waals surface area contributed by atoms with Crippen molar-refractivity contribution >= 4 is 23.4 Å². The molecule has 1 N–H and O–H groups in total. The van der Waals surface area contributed by atoms with E-state index in [4.69, 9.17) is 16.0 Å². The Morgan fingerprint density at radius 1 is 1.04 bits per heavy atom. The van der Waals surface area contributed by atoms with Gasteiger partial charge < -0.3 is 14.6 Å². The third-order valence-electron chi connectivity index (χ3n) is 4.95. The Kier molecular flexibility index (Phi) is 5.17. The molecule has 28 heavy (non-hydrogen) atoms. The molecular weight excluding hydrogens is 376 g/mol. The summed E-state index contributed by atoms with van der Waals surface area (Å²) in [5.74, 6) is -0.282. The fourth-order valence-electron chi connectivity index (χ4n) is 3.45. The number of furan rings is 1. The standard InChI is InChI=1S/C22H19ClN2O3/c23-18-9-4-3-7-16(18)13-24-21(26)19-12-15-6-1-2-8-17(15)14-25(19)22(27)20-10-5-11-28-20/h1-11,19H,12-14H2,(H,24,26). The number of hydrogen-bond donors (Lipinski definition) is 1. The molecular formula is C22H19ClN2O3. The molecule has 142 valence electrons. The Hall–Kier alpha value is -3.05. The molecule has 0 radical (unpaired) electrons. The van der Waals surface area contributed by atoms with Gasteiger partial charge in [-0.1, -0.05) is 54.1 Å². The van der Waals surface area contributed by atoms with Crippen molar-refractivity contribution in [2.24, 2.45) is 0 Å². The molecule has 6 heteroatoms. The van der Waals surface area contributed by atoms with Crippen LogP contribution < -0.4 is 5.32 Å². The predicted molar refractivity (Wildman–Crippen MR) is 106 cm³/mol. The van der Waals surface area contributed by atoms with Gasteiger partial charge in [0.15, 0.2) is 5.76 Å². The first kappa shape index (κ1) is 18.3. The first-order valence-electron chi connectivity index (χ1n) is 9.06. The highest BCUT2D eigenvalue weighted by Gasteiger charge is 2.35. The lowest BCUT2D eigenvalue weighted by Crippen LogP contribution is -2.52. The monoisotopic (exact) mass is 394 g/mol. The van der Waals surface area contributed by atoms with Crippen LogP contribution in [0.1, 0.15) is 27.2 Å². The SMILES string of the molecule is O=C(NCc1ccccc1Cl)C1Cc2ccccc2CN1C(=O)c1ccco1. The predicted octanol–water partition coefficient (Wildman–Crippen LogP) is 3.82. The topological polar surface area (TPSA) is 62.6 Å². The van der Waals surface area contributed by atoms with Crippen molar-refractivity contribution in [3.8, 4) is 0 Å². The van der Waals surface area contributed by atoms with Gasteiger partial charge in [-0.05, 0) is 34.9 Å². The quantitative estimate of drug-likeness (QED) is 0.731. The first-order valence-corrected chi connectivity index (χ1v) is 9.43. The van der Waals surface area contributed by atoms with Crippen LogP contribution in [0.2, 0.25) is 5.02 Å². The zero-order valence-corrected chi connectivity index (χ0v) is 15.9. The normalized spacial score (nSPS) is 15.8. The summed E-state index contributed by atoms with van der Waals surface area (Å²) in [6, 6.07) is 17.9. The molecule has 1 aliphatic rings. The number of rotatable bonds is 4. The van der Waals surface area contributed by atoms with Gasteiger partial charge in [0.25, 0.3) is 5.91 Å². The zero-order chi connectivity index (χ0) is 19.5. The second-order valence-corrected chi connectivity index (χ2v) is 7.12. The van der Waals surface area contributed by atoms with Crippen molar-refractivity contribution in [1.29, 1.82) is 0 Å². The maximum absolute atomic E-state index is 13.0. The summed E-state index contributed by atoms with van der Waals surface area (Å²) in [6.07, 6.45) is 1.91. The second kappa shape index (κ2) is 7.90. The summed E-state index contributed by atoms with van der Waals surface area (Å²) in [7, 11) is 0. The van der Waals surface area contributed by atoms with Crippen LogP contribution in [0.25, 0.3) is 0 Å². The van der Waals surface area contributed by atoms with E-state index in [1.165, 1.54) is 6.26 Å². The summed E-state index contributed by atoms with van der Waals surface area (Å²) in [5.41, 5.74) is 2.94. The lowest BCUT2D eigenvalue weighted by Gasteiger charge is -2.35. The van der Waals surface area contributed by atoms with Gasteiger partial charge in [-0.15, -0.1) is 0 Å². The summed E-state index contributed by atoms with van der Waals surface area (Å²) in [6.45, 7) is 0.666. The van der Waals surface area contributed by atoms with Crippen LogP contribution in [0.15, 0.2) is 71.3 Å². The number of nitrogens with zero attached hydrogens (tertiary/aromatic N) is 1. The van der Waals surface area contributed by atoms with Crippen LogP contribution in [-0.4, -0.2) is 22.8 Å². The van der Waals surface area contributed by atoms with E-state index in [1.807, 2.05) is 42.5 Å². The molecule has 0 bridgehead atoms. The van der Waals surface area contributed by atoms with Crippen molar-refractivity contribution < 1.29 is 14.0 Å². The molecule has 4 rings (SSSR count). The van der Waals surface area contributed by atoms with E-state index in [0.29, 0.717) is 24.5 Å². The largest absolute Gasteiger partial charge is 0.459 e. The molecule has 0 aliphatic carbocycles. The van der Waals surface area contributed by atoms with Crippen molar-refractivity contribution in [2.45, 2.75) is 25.6 Å². The number of halogens is 1. The fourth-order valence-corrected chi connectivity index (χ4v) is 3.66. The lowest BCUT2D eigenvalue weighted by atomic mass is 9.93. The Bertz CT molecular complexity index is 1000. The molecule has 1 unspecified atom stereocenters. The molecule has 1 aliphatic heterocycles. The van der Waals surface area contributed by atoms with Gasteiger partial charge in [-0.3, -0.25) is 9.59 Å². The number of amides is 2. The van der Waals surface area contributed by atoms with Crippen LogP contribution in [0.4, 0.5) is 0 Å². The van der Waals surface area contributed by atoms with E-state index in [2.05, 4.69) is 5.32 Å². The van der Waals surface area contributed by atoms with Crippen LogP contribution in [-0.2, 0) is 24.3 Å². The third kappa shape index (κ3) is 3.66. The smallest absolute Gasteiger partial charge is 0.290 e. The number of hydrogen-bond acceptors (Lipinski definition) is 3. The van der Waals surface area contributed by atoms with Gasteiger partial charge in [0, 0.05) is 24.5 Å². The van der Waals surface area contributed by atoms with E-state index in [9.17, 15) is 9.59 Å². The Labute approximate surface area is 167 Å². The molecule has 0 fully saturated rings. The highest BCUT2D eigenvalue weighted by atomic mass is 35.5. The highest BCUT2D eigenvalue weighted by Crippen LogP contribution is 2.25. The summed E-state index contributed by atoms with van der Waals surface area (Å²) in [5, 5.41) is 3.52. The Balaban J connectivity index is 1.57. The molecule has 0 saturated carbocycles. The van der Waals surface area contributed by atoms with Gasteiger partial charge in [0.05, 0.1) is 6.26 Å². The first-order chi connectivity index (χ1) is 13.6. The average molecular weight is 395 g/mol. The maximum Gasteiger partial charge on any atom is 0.290 e. The molecule has 2 heterocycles. The van der Waals surface area contributed by atoms with Crippen molar-refractivity contribution in [2.75, 3.05) is 0 Å². The van der Waals surface area contributed by atoms with E-state index >= 15 is 0 Å². The molecule has 1 aromatic heterocycles. The van der Waals surface area contributed by atoms with E-state index < -0.39 is 6.04 Å². The van der Waals surface area contributed by atoms with E-state index in [-0.39, 0.29) is 17.6 Å². The minimum atomic E-state index is -0.616. The fraction of sp³-hybridized carbons (Fsp3) is 0.182. The zero-order valence-electron chi connectivity index (χ0n) is 15.1. The minimum Gasteiger partial charge on any atom is -0.459 e. The average Bonchev–Trinajstić information content (AvgIpc) is 3.26. The van der Waals surface area contributed by atoms with Crippen molar-refractivity contribution in [3.05, 3.63) is 94.4 Å². The molecule has 0 spiro atoms. The van der Waals surface area contributed by atoms with Crippen molar-refractivity contribution in [1.82, 2.24) is 10.2 Å². The van der Waals surface area contributed by atoms with E-state index in [1.54, 1.807) is 23.1 Å².